The lowest BCUT2D eigenvalue weighted by molar-refractivity contribution is -0.161. The van der Waals surface area contributed by atoms with Crippen molar-refractivity contribution in [3.63, 3.8) is 0 Å². The molecule has 342 valence electrons. The Morgan fingerprint density at radius 3 is 1.24 bits per heavy atom. The lowest BCUT2D eigenvalue weighted by atomic mass is 10.1. The molecule has 2 N–H and O–H groups in total. The molecule has 0 aliphatic rings. The molecule has 0 aromatic rings. The number of hydrogen-bond acceptors (Lipinski definition) is 10. The molecule has 0 aromatic heterocycles. The van der Waals surface area contributed by atoms with Crippen LogP contribution in [0.4, 0.5) is 0 Å². The fourth-order valence-corrected chi connectivity index (χ4v) is 7.30. The number of aliphatic hydroxyl groups excluding tert-OH is 1. The van der Waals surface area contributed by atoms with Crippen LogP contribution in [-0.2, 0) is 42.2 Å². The van der Waals surface area contributed by atoms with E-state index in [1.807, 2.05) is 0 Å². The Kier molecular flexibility index (Phi) is 40.6. The van der Waals surface area contributed by atoms with E-state index in [0.717, 1.165) is 77.0 Å². The Balaban J connectivity index is 4.72. The van der Waals surface area contributed by atoms with Gasteiger partial charge in [-0.2, -0.15) is 0 Å². The van der Waals surface area contributed by atoms with E-state index < -0.39 is 57.8 Å². The molecule has 0 saturated carbocycles. The number of unbranched alkanes of at least 4 members (excludes halogenated alkanes) is 25. The molecule has 0 rings (SSSR count). The molecule has 11 nitrogen and oxygen atoms in total. The minimum atomic E-state index is -4.72. The number of hydrogen-bond donors (Lipinski definition) is 2. The normalized spacial score (nSPS) is 13.7. The molecule has 0 aromatic carbocycles. The standard InChI is InChI=1S/C46H87O11P/c1-4-7-10-13-16-19-21-24-27-30-33-36-45(49)56-42(38-47)40-54-58(51,52)55-41-43(39-53-44(48)35-32-29-26-23-18-15-12-9-6-3)57-46(50)37-34-31-28-25-22-20-17-14-11-8-5-2/h14,17,42-43,47H,4-13,15-16,18-41H2,1-3H3,(H,51,52)/b17-14-. The fraction of sp³-hybridized carbons (Fsp3) is 0.891. The molecule has 0 radical (unpaired) electrons. The Hall–Kier alpha value is -1.78. The van der Waals surface area contributed by atoms with Crippen molar-refractivity contribution in [3.8, 4) is 0 Å². The molecule has 3 unspecified atom stereocenters. The van der Waals surface area contributed by atoms with Gasteiger partial charge >= 0.3 is 25.7 Å². The van der Waals surface area contributed by atoms with Crippen LogP contribution in [0.1, 0.15) is 226 Å². The first kappa shape index (κ1) is 56.2. The zero-order chi connectivity index (χ0) is 42.8. The predicted molar refractivity (Wildman–Crippen MR) is 233 cm³/mol. The highest BCUT2D eigenvalue weighted by Gasteiger charge is 2.28. The quantitative estimate of drug-likeness (QED) is 0.0198. The average molecular weight is 847 g/mol. The molecule has 3 atom stereocenters. The fourth-order valence-electron chi connectivity index (χ4n) is 6.51. The van der Waals surface area contributed by atoms with Crippen LogP contribution in [0.15, 0.2) is 12.2 Å². The van der Waals surface area contributed by atoms with Gasteiger partial charge in [-0.15, -0.1) is 0 Å². The lowest BCUT2D eigenvalue weighted by Crippen LogP contribution is -2.30. The maximum absolute atomic E-state index is 12.8. The second kappa shape index (κ2) is 41.9. The highest BCUT2D eigenvalue weighted by Crippen LogP contribution is 2.43. The van der Waals surface area contributed by atoms with Gasteiger partial charge in [0.15, 0.2) is 6.10 Å². The Morgan fingerprint density at radius 2 is 0.810 bits per heavy atom. The summed E-state index contributed by atoms with van der Waals surface area (Å²) in [5, 5.41) is 9.72. The largest absolute Gasteiger partial charge is 0.472 e. The summed E-state index contributed by atoms with van der Waals surface area (Å²) in [4.78, 5) is 47.9. The number of carbonyl (C=O) groups excluding carboxylic acids is 3. The van der Waals surface area contributed by atoms with Gasteiger partial charge in [-0.05, 0) is 38.5 Å². The number of ether oxygens (including phenoxy) is 3. The number of phosphoric ester groups is 1. The maximum Gasteiger partial charge on any atom is 0.472 e. The van der Waals surface area contributed by atoms with Gasteiger partial charge in [0.25, 0.3) is 0 Å². The Bertz CT molecular complexity index is 1040. The van der Waals surface area contributed by atoms with Crippen molar-refractivity contribution in [3.05, 3.63) is 12.2 Å². The van der Waals surface area contributed by atoms with Gasteiger partial charge in [-0.1, -0.05) is 181 Å². The van der Waals surface area contributed by atoms with E-state index in [1.165, 1.54) is 89.9 Å². The Morgan fingerprint density at radius 1 is 0.466 bits per heavy atom. The molecule has 0 aliphatic carbocycles. The van der Waals surface area contributed by atoms with Crippen molar-refractivity contribution < 1.29 is 52.2 Å². The lowest BCUT2D eigenvalue weighted by Gasteiger charge is -2.21. The molecule has 0 aliphatic heterocycles. The van der Waals surface area contributed by atoms with Gasteiger partial charge in [0.05, 0.1) is 19.8 Å². The first-order valence-electron chi connectivity index (χ1n) is 23.6. The number of carbonyl (C=O) groups is 3. The minimum Gasteiger partial charge on any atom is -0.462 e. The van der Waals surface area contributed by atoms with Crippen LogP contribution in [0.25, 0.3) is 0 Å². The van der Waals surface area contributed by atoms with E-state index in [2.05, 4.69) is 32.9 Å². The third-order valence-corrected chi connectivity index (χ3v) is 11.1. The van der Waals surface area contributed by atoms with Crippen molar-refractivity contribution >= 4 is 25.7 Å². The van der Waals surface area contributed by atoms with Gasteiger partial charge in [-0.25, -0.2) is 4.57 Å². The van der Waals surface area contributed by atoms with Crippen LogP contribution in [0, 0.1) is 0 Å². The Labute approximate surface area is 354 Å². The van der Waals surface area contributed by atoms with E-state index in [0.29, 0.717) is 19.3 Å². The molecule has 0 bridgehead atoms. The van der Waals surface area contributed by atoms with E-state index in [4.69, 9.17) is 23.3 Å². The molecule has 0 amide bonds. The van der Waals surface area contributed by atoms with Gasteiger partial charge < -0.3 is 24.2 Å². The van der Waals surface area contributed by atoms with Gasteiger partial charge in [-0.3, -0.25) is 23.4 Å². The number of aliphatic hydroxyl groups is 1. The zero-order valence-corrected chi connectivity index (χ0v) is 38.2. The summed E-state index contributed by atoms with van der Waals surface area (Å²) in [5.74, 6) is -1.46. The van der Waals surface area contributed by atoms with Crippen LogP contribution in [0.5, 0.6) is 0 Å². The summed E-state index contributed by atoms with van der Waals surface area (Å²) in [6.45, 7) is 4.55. The zero-order valence-electron chi connectivity index (χ0n) is 37.3. The number of phosphoric acid groups is 1. The van der Waals surface area contributed by atoms with Gasteiger partial charge in [0.1, 0.15) is 12.7 Å². The molecular weight excluding hydrogens is 759 g/mol. The molecular formula is C46H87O11P. The number of rotatable bonds is 44. The van der Waals surface area contributed by atoms with Crippen LogP contribution < -0.4 is 0 Å². The second-order valence-electron chi connectivity index (χ2n) is 15.9. The van der Waals surface area contributed by atoms with Crippen LogP contribution >= 0.6 is 7.82 Å². The smallest absolute Gasteiger partial charge is 0.462 e. The summed E-state index contributed by atoms with van der Waals surface area (Å²) >= 11 is 0. The van der Waals surface area contributed by atoms with E-state index >= 15 is 0 Å². The third kappa shape index (κ3) is 39.7. The van der Waals surface area contributed by atoms with Crippen molar-refractivity contribution in [1.82, 2.24) is 0 Å². The molecule has 0 saturated heterocycles. The third-order valence-electron chi connectivity index (χ3n) is 10.2. The van der Waals surface area contributed by atoms with E-state index in [1.54, 1.807) is 0 Å². The maximum atomic E-state index is 12.8. The van der Waals surface area contributed by atoms with Crippen LogP contribution in [0.3, 0.4) is 0 Å². The predicted octanol–water partition coefficient (Wildman–Crippen LogP) is 12.6. The summed E-state index contributed by atoms with van der Waals surface area (Å²) in [6.07, 6.45) is 34.8. The number of allylic oxidation sites excluding steroid dienone is 2. The summed E-state index contributed by atoms with van der Waals surface area (Å²) in [6, 6.07) is 0. The molecule has 0 fully saturated rings. The van der Waals surface area contributed by atoms with Gasteiger partial charge in [0.2, 0.25) is 0 Å². The molecule has 12 heteroatoms. The molecule has 0 spiro atoms. The number of esters is 3. The topological polar surface area (TPSA) is 155 Å². The minimum absolute atomic E-state index is 0.163. The van der Waals surface area contributed by atoms with Gasteiger partial charge in [0, 0.05) is 19.3 Å². The summed E-state index contributed by atoms with van der Waals surface area (Å²) < 4.78 is 39.1. The van der Waals surface area contributed by atoms with Crippen LogP contribution in [-0.4, -0.2) is 66.5 Å². The molecule has 0 heterocycles. The first-order valence-corrected chi connectivity index (χ1v) is 25.1. The highest BCUT2D eigenvalue weighted by molar-refractivity contribution is 7.47. The van der Waals surface area contributed by atoms with Crippen molar-refractivity contribution in [2.45, 2.75) is 238 Å². The van der Waals surface area contributed by atoms with Crippen molar-refractivity contribution in [2.75, 3.05) is 26.4 Å². The first-order chi connectivity index (χ1) is 28.2. The summed E-state index contributed by atoms with van der Waals surface area (Å²) in [5.41, 5.74) is 0. The van der Waals surface area contributed by atoms with Crippen molar-refractivity contribution in [1.29, 1.82) is 0 Å². The highest BCUT2D eigenvalue weighted by atomic mass is 31.2. The SMILES string of the molecule is CCCC/C=C\CCCCCCCC(=O)OC(COC(=O)CCCCCCCCCCC)COP(=O)(O)OCC(CO)OC(=O)CCCCCCCCCCCCC. The van der Waals surface area contributed by atoms with E-state index in [9.17, 15) is 28.9 Å². The summed E-state index contributed by atoms with van der Waals surface area (Å²) in [7, 11) is -4.72. The monoisotopic (exact) mass is 847 g/mol. The molecule has 58 heavy (non-hydrogen) atoms. The van der Waals surface area contributed by atoms with E-state index in [-0.39, 0.29) is 25.9 Å². The average Bonchev–Trinajstić information content (AvgIpc) is 3.20. The van der Waals surface area contributed by atoms with Crippen LogP contribution in [0.2, 0.25) is 0 Å². The van der Waals surface area contributed by atoms with Crippen molar-refractivity contribution in [2.24, 2.45) is 0 Å². The second-order valence-corrected chi connectivity index (χ2v) is 17.4.